The Labute approximate surface area is 244 Å². The monoisotopic (exact) mass is 621 g/mol. The van der Waals surface area contributed by atoms with Gasteiger partial charge >= 0.3 is 12.1 Å². The van der Waals surface area contributed by atoms with Gasteiger partial charge in [0.1, 0.15) is 23.5 Å². The van der Waals surface area contributed by atoms with E-state index < -0.39 is 23.8 Å². The number of nitrogens with zero attached hydrogens (tertiary/aromatic N) is 6. The van der Waals surface area contributed by atoms with Crippen molar-refractivity contribution in [3.05, 3.63) is 66.0 Å². The lowest BCUT2D eigenvalue weighted by Crippen LogP contribution is -2.37. The number of piperidine rings is 1. The molecule has 1 fully saturated rings. The number of fused-ring (bicyclic) bond motifs is 2. The van der Waals surface area contributed by atoms with Crippen LogP contribution in [0.5, 0.6) is 0 Å². The van der Waals surface area contributed by atoms with E-state index in [0.717, 1.165) is 32.0 Å². The lowest BCUT2D eigenvalue weighted by atomic mass is 9.97. The number of aliphatic carboxylic acids is 1. The van der Waals surface area contributed by atoms with Crippen LogP contribution in [0.15, 0.2) is 42.7 Å². The van der Waals surface area contributed by atoms with Gasteiger partial charge in [0.2, 0.25) is 5.95 Å². The number of hydrogen-bond donors (Lipinski definition) is 4. The number of aromatic nitrogens is 6. The normalized spacial score (nSPS) is 14.1. The number of carboxylic acid groups (broad SMARTS) is 1. The summed E-state index contributed by atoms with van der Waals surface area (Å²) in [6, 6.07) is 8.67. The van der Waals surface area contributed by atoms with Gasteiger partial charge in [-0.2, -0.15) is 23.1 Å². The summed E-state index contributed by atoms with van der Waals surface area (Å²) in [7, 11) is 0. The molecule has 0 aliphatic carbocycles. The van der Waals surface area contributed by atoms with Crippen molar-refractivity contribution in [3.8, 4) is 5.69 Å². The third-order valence-corrected chi connectivity index (χ3v) is 6.96. The third kappa shape index (κ3) is 6.51. The lowest BCUT2D eigenvalue weighted by molar-refractivity contribution is -0.192. The first-order valence-corrected chi connectivity index (χ1v) is 13.3. The maximum Gasteiger partial charge on any atom is 0.490 e. The van der Waals surface area contributed by atoms with Gasteiger partial charge < -0.3 is 26.0 Å². The number of hydrogen-bond acceptors (Lipinski definition) is 8. The molecule has 0 radical (unpaired) electrons. The van der Waals surface area contributed by atoms with E-state index in [4.69, 9.17) is 25.6 Å². The molecular formula is C27H25F6N9O2. The largest absolute Gasteiger partial charge is 0.490 e. The van der Waals surface area contributed by atoms with Crippen molar-refractivity contribution in [3.63, 3.8) is 0 Å². The molecule has 11 nitrogen and oxygen atoms in total. The highest BCUT2D eigenvalue weighted by molar-refractivity contribution is 5.85. The number of H-pyrrole nitrogens is 1. The molecule has 1 aliphatic heterocycles. The highest BCUT2D eigenvalue weighted by Crippen LogP contribution is 2.28. The third-order valence-electron chi connectivity index (χ3n) is 6.96. The van der Waals surface area contributed by atoms with Crippen LogP contribution >= 0.6 is 0 Å². The molecule has 6 rings (SSSR count). The van der Waals surface area contributed by atoms with Gasteiger partial charge in [0.25, 0.3) is 0 Å². The molecule has 0 bridgehead atoms. The minimum atomic E-state index is -5.08. The van der Waals surface area contributed by atoms with Crippen molar-refractivity contribution >= 4 is 39.9 Å². The Balaban J connectivity index is 0.000000493. The summed E-state index contributed by atoms with van der Waals surface area (Å²) < 4.78 is 75.2. The topological polar surface area (TPSA) is 151 Å². The zero-order chi connectivity index (χ0) is 31.6. The van der Waals surface area contributed by atoms with Crippen molar-refractivity contribution in [2.75, 3.05) is 29.9 Å². The van der Waals surface area contributed by atoms with E-state index in [1.165, 1.54) is 18.2 Å². The second-order valence-corrected chi connectivity index (χ2v) is 9.90. The van der Waals surface area contributed by atoms with Gasteiger partial charge in [-0.1, -0.05) is 6.07 Å². The minimum Gasteiger partial charge on any atom is -0.475 e. The second kappa shape index (κ2) is 12.4. The first-order chi connectivity index (χ1) is 20.9. The number of carboxylic acids is 1. The fourth-order valence-electron chi connectivity index (χ4n) is 4.66. The summed E-state index contributed by atoms with van der Waals surface area (Å²) in [5.74, 6) is -3.25. The summed E-state index contributed by atoms with van der Waals surface area (Å²) in [5, 5.41) is 10.3. The van der Waals surface area contributed by atoms with E-state index in [2.05, 4.69) is 25.2 Å². The first-order valence-electron chi connectivity index (χ1n) is 13.3. The van der Waals surface area contributed by atoms with Gasteiger partial charge in [-0.05, 0) is 55.6 Å². The van der Waals surface area contributed by atoms with Crippen molar-refractivity contribution < 1.29 is 36.2 Å². The van der Waals surface area contributed by atoms with Gasteiger partial charge in [-0.3, -0.25) is 4.57 Å². The lowest BCUT2D eigenvalue weighted by Gasteiger charge is -2.31. The Bertz CT molecular complexity index is 1800. The standard InChI is InChI=1S/C25H24F3N9.C2HF3O2/c26-15-2-1-3-16(10-15)37-13-31-22-23(30-12-19-32-18-5-4-17(27)20(28)21(18)33-19)34-25(35-24(22)37)36-8-6-14(11-29)7-9-36;3-2(4,5)1(6)7/h1-5,10,13-14H,6-9,11-12,29H2,(H,32,33)(H,30,34,35);(H,6,7). The van der Waals surface area contributed by atoms with E-state index in [9.17, 15) is 26.3 Å². The summed E-state index contributed by atoms with van der Waals surface area (Å²) in [6.45, 7) is 2.32. The van der Waals surface area contributed by atoms with Crippen LogP contribution < -0.4 is 16.0 Å². The molecule has 0 spiro atoms. The molecule has 232 valence electrons. The van der Waals surface area contributed by atoms with Gasteiger partial charge in [0.15, 0.2) is 28.6 Å². The Morgan fingerprint density at radius 3 is 2.45 bits per heavy atom. The van der Waals surface area contributed by atoms with E-state index in [1.807, 2.05) is 0 Å². The molecule has 0 amide bonds. The van der Waals surface area contributed by atoms with Crippen LogP contribution in [0.25, 0.3) is 27.9 Å². The number of carbonyl (C=O) groups is 1. The molecular weight excluding hydrogens is 596 g/mol. The van der Waals surface area contributed by atoms with E-state index in [-0.39, 0.29) is 17.9 Å². The van der Waals surface area contributed by atoms with Crippen LogP contribution in [0.3, 0.4) is 0 Å². The molecule has 5 N–H and O–H groups in total. The average Bonchev–Trinajstić information content (AvgIpc) is 3.62. The van der Waals surface area contributed by atoms with Crippen LogP contribution in [0.2, 0.25) is 0 Å². The average molecular weight is 622 g/mol. The molecule has 1 saturated heterocycles. The Morgan fingerprint density at radius 1 is 1.07 bits per heavy atom. The van der Waals surface area contributed by atoms with Crippen LogP contribution in [-0.2, 0) is 11.3 Å². The Hall–Kier alpha value is -4.93. The summed E-state index contributed by atoms with van der Waals surface area (Å²) in [5.41, 5.74) is 7.75. The van der Waals surface area contributed by atoms with Gasteiger partial charge in [-0.25, -0.2) is 27.9 Å². The van der Waals surface area contributed by atoms with Gasteiger partial charge in [-0.15, -0.1) is 0 Å². The first kappa shape index (κ1) is 30.5. The second-order valence-electron chi connectivity index (χ2n) is 9.90. The van der Waals surface area contributed by atoms with Crippen LogP contribution in [0.4, 0.5) is 38.1 Å². The van der Waals surface area contributed by atoms with Gasteiger partial charge in [0.05, 0.1) is 17.7 Å². The zero-order valence-electron chi connectivity index (χ0n) is 22.7. The number of imidazole rings is 2. The molecule has 1 aliphatic rings. The molecule has 17 heteroatoms. The van der Waals surface area contributed by atoms with Crippen LogP contribution in [-0.4, -0.2) is 66.4 Å². The number of benzene rings is 2. The van der Waals surface area contributed by atoms with E-state index in [0.29, 0.717) is 52.4 Å². The fraction of sp³-hybridized carbons (Fsp3) is 0.296. The Morgan fingerprint density at radius 2 is 1.80 bits per heavy atom. The number of anilines is 2. The molecule has 3 aromatic heterocycles. The van der Waals surface area contributed by atoms with Crippen molar-refractivity contribution in [2.24, 2.45) is 11.7 Å². The van der Waals surface area contributed by atoms with Crippen molar-refractivity contribution in [1.82, 2.24) is 29.5 Å². The predicted molar refractivity (Wildman–Crippen MR) is 148 cm³/mol. The Kier molecular flexibility index (Phi) is 8.57. The van der Waals surface area contributed by atoms with Crippen LogP contribution in [0, 0.1) is 23.4 Å². The fourth-order valence-corrected chi connectivity index (χ4v) is 4.66. The quantitative estimate of drug-likeness (QED) is 0.201. The highest BCUT2D eigenvalue weighted by Gasteiger charge is 2.38. The molecule has 2 aromatic carbocycles. The number of halogens is 6. The molecule has 4 heterocycles. The highest BCUT2D eigenvalue weighted by atomic mass is 19.4. The SMILES string of the molecule is NCC1CCN(c2nc(NCc3nc4c(F)c(F)ccc4[nH]3)c3ncn(-c4cccc(F)c4)c3n2)CC1.O=C(O)C(F)(F)F. The number of rotatable bonds is 6. The maximum atomic E-state index is 14.1. The van der Waals surface area contributed by atoms with Crippen molar-refractivity contribution in [1.29, 1.82) is 0 Å². The molecule has 0 unspecified atom stereocenters. The number of alkyl halides is 3. The zero-order valence-corrected chi connectivity index (χ0v) is 22.7. The predicted octanol–water partition coefficient (Wildman–Crippen LogP) is 4.53. The number of aromatic amines is 1. The van der Waals surface area contributed by atoms with E-state index in [1.54, 1.807) is 23.0 Å². The van der Waals surface area contributed by atoms with E-state index >= 15 is 0 Å². The smallest absolute Gasteiger partial charge is 0.475 e. The summed E-state index contributed by atoms with van der Waals surface area (Å²) in [4.78, 5) is 32.2. The van der Waals surface area contributed by atoms with Gasteiger partial charge in [0, 0.05) is 13.1 Å². The van der Waals surface area contributed by atoms with Crippen LogP contribution in [0.1, 0.15) is 18.7 Å². The number of nitrogens with two attached hydrogens (primary N) is 1. The summed E-state index contributed by atoms with van der Waals surface area (Å²) in [6.07, 6.45) is -1.64. The summed E-state index contributed by atoms with van der Waals surface area (Å²) >= 11 is 0. The molecule has 44 heavy (non-hydrogen) atoms. The molecule has 5 aromatic rings. The minimum absolute atomic E-state index is 0.0662. The molecule has 0 atom stereocenters. The van der Waals surface area contributed by atoms with Crippen molar-refractivity contribution in [2.45, 2.75) is 25.6 Å². The maximum absolute atomic E-state index is 14.1. The number of nitrogens with one attached hydrogen (secondary N) is 2. The molecule has 0 saturated carbocycles.